The summed E-state index contributed by atoms with van der Waals surface area (Å²) >= 11 is 0. The van der Waals surface area contributed by atoms with Crippen LogP contribution in [-0.4, -0.2) is 32.8 Å². The summed E-state index contributed by atoms with van der Waals surface area (Å²) in [6, 6.07) is 9.05. The van der Waals surface area contributed by atoms with Crippen molar-refractivity contribution >= 4 is 5.69 Å². The molecule has 0 aromatic heterocycles. The van der Waals surface area contributed by atoms with Crippen LogP contribution in [0, 0.1) is 5.92 Å². The number of benzene rings is 1. The highest BCUT2D eigenvalue weighted by atomic mass is 16.5. The highest BCUT2D eigenvalue weighted by molar-refractivity contribution is 5.47. The molecule has 1 aromatic rings. The Kier molecular flexibility index (Phi) is 4.61. The lowest BCUT2D eigenvalue weighted by molar-refractivity contribution is 0.0450. The number of rotatable bonds is 4. The van der Waals surface area contributed by atoms with Gasteiger partial charge in [-0.15, -0.1) is 0 Å². The predicted octanol–water partition coefficient (Wildman–Crippen LogP) is 2.05. The van der Waals surface area contributed by atoms with Gasteiger partial charge < -0.3 is 15.4 Å². The second-order valence-corrected chi connectivity index (χ2v) is 5.19. The Morgan fingerprint density at radius 1 is 1.33 bits per heavy atom. The third kappa shape index (κ3) is 3.24. The van der Waals surface area contributed by atoms with Crippen molar-refractivity contribution in [3.8, 4) is 0 Å². The summed E-state index contributed by atoms with van der Waals surface area (Å²) < 4.78 is 5.52. The van der Waals surface area contributed by atoms with E-state index in [2.05, 4.69) is 43.1 Å². The molecule has 18 heavy (non-hydrogen) atoms. The van der Waals surface area contributed by atoms with Crippen molar-refractivity contribution in [2.45, 2.75) is 25.8 Å². The standard InChI is InChI=1S/C15H24N2O/c1-3-12-4-6-14(7-5-12)17(2)10-13-11-18-9-8-15(13)16/h4-7,13,15H,3,8-11,16H2,1-2H3. The van der Waals surface area contributed by atoms with Gasteiger partial charge in [0.2, 0.25) is 0 Å². The number of aryl methyl sites for hydroxylation is 1. The van der Waals surface area contributed by atoms with Crippen LogP contribution in [0.1, 0.15) is 18.9 Å². The minimum absolute atomic E-state index is 0.274. The van der Waals surface area contributed by atoms with Crippen molar-refractivity contribution in [2.75, 3.05) is 31.7 Å². The van der Waals surface area contributed by atoms with E-state index in [1.54, 1.807) is 0 Å². The molecule has 1 saturated heterocycles. The van der Waals surface area contributed by atoms with Gasteiger partial charge in [-0.25, -0.2) is 0 Å². The van der Waals surface area contributed by atoms with Gasteiger partial charge in [-0.2, -0.15) is 0 Å². The van der Waals surface area contributed by atoms with E-state index in [1.807, 2.05) is 0 Å². The minimum Gasteiger partial charge on any atom is -0.381 e. The number of hydrogen-bond donors (Lipinski definition) is 1. The van der Waals surface area contributed by atoms with Crippen LogP contribution in [0.25, 0.3) is 0 Å². The van der Waals surface area contributed by atoms with E-state index in [0.29, 0.717) is 5.92 Å². The van der Waals surface area contributed by atoms with E-state index in [1.165, 1.54) is 11.3 Å². The number of ether oxygens (including phenoxy) is 1. The third-order valence-electron chi connectivity index (χ3n) is 3.83. The fourth-order valence-corrected chi connectivity index (χ4v) is 2.44. The lowest BCUT2D eigenvalue weighted by atomic mass is 9.96. The molecule has 0 radical (unpaired) electrons. The van der Waals surface area contributed by atoms with Crippen molar-refractivity contribution in [3.05, 3.63) is 29.8 Å². The van der Waals surface area contributed by atoms with Crippen molar-refractivity contribution < 1.29 is 4.74 Å². The van der Waals surface area contributed by atoms with E-state index in [0.717, 1.165) is 32.6 Å². The van der Waals surface area contributed by atoms with Crippen LogP contribution < -0.4 is 10.6 Å². The monoisotopic (exact) mass is 248 g/mol. The molecule has 1 aliphatic rings. The zero-order valence-corrected chi connectivity index (χ0v) is 11.4. The van der Waals surface area contributed by atoms with Crippen LogP contribution in [0.4, 0.5) is 5.69 Å². The number of anilines is 1. The summed E-state index contributed by atoms with van der Waals surface area (Å²) in [5.74, 6) is 0.439. The highest BCUT2D eigenvalue weighted by Gasteiger charge is 2.23. The molecular weight excluding hydrogens is 224 g/mol. The van der Waals surface area contributed by atoms with Gasteiger partial charge in [0.05, 0.1) is 6.61 Å². The third-order valence-corrected chi connectivity index (χ3v) is 3.83. The van der Waals surface area contributed by atoms with Gasteiger partial charge in [-0.1, -0.05) is 19.1 Å². The van der Waals surface area contributed by atoms with Gasteiger partial charge in [-0.3, -0.25) is 0 Å². The Bertz CT molecular complexity index is 363. The first kappa shape index (κ1) is 13.4. The zero-order valence-electron chi connectivity index (χ0n) is 11.4. The van der Waals surface area contributed by atoms with Crippen LogP contribution in [0.3, 0.4) is 0 Å². The molecule has 3 heteroatoms. The maximum absolute atomic E-state index is 6.14. The molecule has 0 bridgehead atoms. The van der Waals surface area contributed by atoms with Crippen LogP contribution in [0.15, 0.2) is 24.3 Å². The van der Waals surface area contributed by atoms with Gasteiger partial charge >= 0.3 is 0 Å². The molecule has 3 nitrogen and oxygen atoms in total. The molecule has 1 fully saturated rings. The molecular formula is C15H24N2O. The van der Waals surface area contributed by atoms with E-state index in [9.17, 15) is 0 Å². The molecule has 0 amide bonds. The topological polar surface area (TPSA) is 38.5 Å². The van der Waals surface area contributed by atoms with Crippen molar-refractivity contribution in [3.63, 3.8) is 0 Å². The molecule has 0 saturated carbocycles. The van der Waals surface area contributed by atoms with Gasteiger partial charge in [0, 0.05) is 37.8 Å². The first-order valence-corrected chi connectivity index (χ1v) is 6.84. The number of hydrogen-bond acceptors (Lipinski definition) is 3. The molecule has 0 aliphatic carbocycles. The molecule has 2 unspecified atom stereocenters. The van der Waals surface area contributed by atoms with Crippen molar-refractivity contribution in [1.29, 1.82) is 0 Å². The Morgan fingerprint density at radius 2 is 2.06 bits per heavy atom. The molecule has 1 heterocycles. The molecule has 1 aromatic carbocycles. The van der Waals surface area contributed by atoms with E-state index < -0.39 is 0 Å². The normalized spacial score (nSPS) is 23.9. The quantitative estimate of drug-likeness (QED) is 0.886. The highest BCUT2D eigenvalue weighted by Crippen LogP contribution is 2.19. The van der Waals surface area contributed by atoms with E-state index >= 15 is 0 Å². The summed E-state index contributed by atoms with van der Waals surface area (Å²) in [7, 11) is 2.13. The van der Waals surface area contributed by atoms with Crippen LogP contribution in [0.2, 0.25) is 0 Å². The number of nitrogens with two attached hydrogens (primary N) is 1. The average Bonchev–Trinajstić information content (AvgIpc) is 2.41. The summed E-state index contributed by atoms with van der Waals surface area (Å²) in [4.78, 5) is 2.28. The summed E-state index contributed by atoms with van der Waals surface area (Å²) in [6.07, 6.45) is 2.07. The Labute approximate surface area is 110 Å². The Balaban J connectivity index is 1.95. The van der Waals surface area contributed by atoms with Gasteiger partial charge in [0.1, 0.15) is 0 Å². The maximum atomic E-state index is 6.14. The lowest BCUT2D eigenvalue weighted by Gasteiger charge is -2.32. The molecule has 1 aliphatic heterocycles. The van der Waals surface area contributed by atoms with Crippen LogP contribution in [-0.2, 0) is 11.2 Å². The molecule has 2 rings (SSSR count). The van der Waals surface area contributed by atoms with E-state index in [4.69, 9.17) is 10.5 Å². The largest absolute Gasteiger partial charge is 0.381 e. The van der Waals surface area contributed by atoms with Gasteiger partial charge in [0.15, 0.2) is 0 Å². The van der Waals surface area contributed by atoms with Gasteiger partial charge in [0.25, 0.3) is 0 Å². The summed E-state index contributed by atoms with van der Waals surface area (Å²) in [6.45, 7) is 4.74. The SMILES string of the molecule is CCc1ccc(N(C)CC2COCCC2N)cc1. The van der Waals surface area contributed by atoms with Crippen molar-refractivity contribution in [1.82, 2.24) is 0 Å². The average molecular weight is 248 g/mol. The smallest absolute Gasteiger partial charge is 0.0526 e. The van der Waals surface area contributed by atoms with Crippen LogP contribution >= 0.6 is 0 Å². The maximum Gasteiger partial charge on any atom is 0.0526 e. The molecule has 100 valence electrons. The van der Waals surface area contributed by atoms with Gasteiger partial charge in [-0.05, 0) is 30.5 Å². The summed E-state index contributed by atoms with van der Waals surface area (Å²) in [5.41, 5.74) is 8.78. The minimum atomic E-state index is 0.274. The predicted molar refractivity (Wildman–Crippen MR) is 76.0 cm³/mol. The second-order valence-electron chi connectivity index (χ2n) is 5.19. The van der Waals surface area contributed by atoms with Crippen LogP contribution in [0.5, 0.6) is 0 Å². The zero-order chi connectivity index (χ0) is 13.0. The first-order chi connectivity index (χ1) is 8.70. The molecule has 2 atom stereocenters. The summed E-state index contributed by atoms with van der Waals surface area (Å²) in [5, 5.41) is 0. The molecule has 2 N–H and O–H groups in total. The Hall–Kier alpha value is -1.06. The fraction of sp³-hybridized carbons (Fsp3) is 0.600. The lowest BCUT2D eigenvalue weighted by Crippen LogP contribution is -2.44. The molecule has 0 spiro atoms. The number of nitrogens with zero attached hydrogens (tertiary/aromatic N) is 1. The van der Waals surface area contributed by atoms with Crippen molar-refractivity contribution in [2.24, 2.45) is 11.7 Å². The fourth-order valence-electron chi connectivity index (χ4n) is 2.44. The second kappa shape index (κ2) is 6.21. The first-order valence-electron chi connectivity index (χ1n) is 6.84. The Morgan fingerprint density at radius 3 is 2.67 bits per heavy atom. The van der Waals surface area contributed by atoms with E-state index in [-0.39, 0.29) is 6.04 Å².